The lowest BCUT2D eigenvalue weighted by Gasteiger charge is -2.05. The number of amides is 1. The first-order chi connectivity index (χ1) is 6.72. The van der Waals surface area contributed by atoms with Crippen LogP contribution in [-0.4, -0.2) is 19.0 Å². The van der Waals surface area contributed by atoms with Crippen LogP contribution in [0, 0.1) is 5.82 Å². The van der Waals surface area contributed by atoms with E-state index in [-0.39, 0.29) is 18.3 Å². The first kappa shape index (κ1) is 10.5. The zero-order chi connectivity index (χ0) is 10.4. The number of halogens is 1. The van der Waals surface area contributed by atoms with Gasteiger partial charge in [-0.1, -0.05) is 6.07 Å². The number of rotatable bonds is 4. The third-order valence-corrected chi connectivity index (χ3v) is 1.65. The largest absolute Gasteiger partial charge is 0.376 e. The summed E-state index contributed by atoms with van der Waals surface area (Å²) in [6.45, 7) is 2.61. The summed E-state index contributed by atoms with van der Waals surface area (Å²) >= 11 is 0. The van der Waals surface area contributed by atoms with E-state index < -0.39 is 0 Å². The predicted octanol–water partition coefficient (Wildman–Crippen LogP) is 1.37. The predicted molar refractivity (Wildman–Crippen MR) is 53.6 cm³/mol. The maximum atomic E-state index is 12.7. The number of carbonyl (C=O) groups excluding carboxylic acids is 1. The highest BCUT2D eigenvalue weighted by Crippen LogP contribution is 2.07. The van der Waals surface area contributed by atoms with Crippen LogP contribution < -0.4 is 10.6 Å². The molecule has 0 saturated carbocycles. The molecule has 0 heterocycles. The van der Waals surface area contributed by atoms with Gasteiger partial charge < -0.3 is 10.6 Å². The molecule has 0 radical (unpaired) electrons. The second kappa shape index (κ2) is 5.21. The van der Waals surface area contributed by atoms with Crippen LogP contribution in [0.1, 0.15) is 6.92 Å². The van der Waals surface area contributed by atoms with Crippen LogP contribution in [0.2, 0.25) is 0 Å². The third-order valence-electron chi connectivity index (χ3n) is 1.65. The maximum absolute atomic E-state index is 12.7. The Labute approximate surface area is 82.3 Å². The molecule has 14 heavy (non-hydrogen) atoms. The molecule has 0 aliphatic carbocycles. The molecule has 1 amide bonds. The average molecular weight is 196 g/mol. The maximum Gasteiger partial charge on any atom is 0.239 e. The van der Waals surface area contributed by atoms with E-state index in [1.54, 1.807) is 12.1 Å². The summed E-state index contributed by atoms with van der Waals surface area (Å²) in [5.41, 5.74) is 0.608. The topological polar surface area (TPSA) is 41.1 Å². The van der Waals surface area contributed by atoms with E-state index in [1.807, 2.05) is 6.92 Å². The van der Waals surface area contributed by atoms with Crippen molar-refractivity contribution >= 4 is 11.6 Å². The fourth-order valence-electron chi connectivity index (χ4n) is 1.04. The Balaban J connectivity index is 2.41. The summed E-state index contributed by atoms with van der Waals surface area (Å²) in [5.74, 6) is -0.414. The molecule has 0 aromatic heterocycles. The lowest BCUT2D eigenvalue weighted by molar-refractivity contribution is -0.119. The van der Waals surface area contributed by atoms with Gasteiger partial charge in [0.1, 0.15) is 5.82 Å². The number of carbonyl (C=O) groups is 1. The molecule has 3 nitrogen and oxygen atoms in total. The van der Waals surface area contributed by atoms with Crippen molar-refractivity contribution in [2.45, 2.75) is 6.92 Å². The van der Waals surface area contributed by atoms with E-state index in [4.69, 9.17) is 0 Å². The van der Waals surface area contributed by atoms with Gasteiger partial charge in [0.05, 0.1) is 6.54 Å². The summed E-state index contributed by atoms with van der Waals surface area (Å²) in [6, 6.07) is 6.01. The van der Waals surface area contributed by atoms with Gasteiger partial charge in [0.15, 0.2) is 0 Å². The molecular formula is C10H13FN2O. The Morgan fingerprint density at radius 3 is 2.93 bits per heavy atom. The van der Waals surface area contributed by atoms with Crippen molar-refractivity contribution in [2.24, 2.45) is 0 Å². The summed E-state index contributed by atoms with van der Waals surface area (Å²) in [4.78, 5) is 11.0. The van der Waals surface area contributed by atoms with Crippen LogP contribution in [0.15, 0.2) is 24.3 Å². The molecule has 1 aromatic carbocycles. The monoisotopic (exact) mass is 196 g/mol. The summed E-state index contributed by atoms with van der Waals surface area (Å²) in [7, 11) is 0. The molecule has 2 N–H and O–H groups in total. The Kier molecular flexibility index (Phi) is 3.91. The van der Waals surface area contributed by atoms with Crippen molar-refractivity contribution in [3.05, 3.63) is 30.1 Å². The van der Waals surface area contributed by atoms with Gasteiger partial charge in [-0.25, -0.2) is 4.39 Å². The Morgan fingerprint density at radius 2 is 2.29 bits per heavy atom. The van der Waals surface area contributed by atoms with E-state index in [0.29, 0.717) is 12.2 Å². The van der Waals surface area contributed by atoms with Gasteiger partial charge in [-0.05, 0) is 25.1 Å². The first-order valence-electron chi connectivity index (χ1n) is 4.48. The lowest BCUT2D eigenvalue weighted by Crippen LogP contribution is -2.29. The van der Waals surface area contributed by atoms with E-state index in [9.17, 15) is 9.18 Å². The summed E-state index contributed by atoms with van der Waals surface area (Å²) < 4.78 is 12.7. The van der Waals surface area contributed by atoms with Crippen molar-refractivity contribution < 1.29 is 9.18 Å². The number of likely N-dealkylation sites (N-methyl/N-ethyl adjacent to an activating group) is 1. The molecule has 0 aliphatic rings. The summed E-state index contributed by atoms with van der Waals surface area (Å²) in [6.07, 6.45) is 0. The highest BCUT2D eigenvalue weighted by atomic mass is 19.1. The number of hydrogen-bond acceptors (Lipinski definition) is 2. The Bertz CT molecular complexity index is 315. The van der Waals surface area contributed by atoms with Crippen LogP contribution in [0.3, 0.4) is 0 Å². The molecule has 0 unspecified atom stereocenters. The van der Waals surface area contributed by atoms with Crippen molar-refractivity contribution in [1.82, 2.24) is 5.32 Å². The number of nitrogens with one attached hydrogen (secondary N) is 2. The zero-order valence-corrected chi connectivity index (χ0v) is 8.01. The molecule has 4 heteroatoms. The minimum Gasteiger partial charge on any atom is -0.376 e. The minimum absolute atomic E-state index is 0.100. The van der Waals surface area contributed by atoms with Crippen molar-refractivity contribution in [3.8, 4) is 0 Å². The van der Waals surface area contributed by atoms with Gasteiger partial charge in [0, 0.05) is 12.2 Å². The van der Waals surface area contributed by atoms with Crippen LogP contribution in [-0.2, 0) is 4.79 Å². The van der Waals surface area contributed by atoms with E-state index in [0.717, 1.165) is 0 Å². The lowest BCUT2D eigenvalue weighted by atomic mass is 10.3. The SMILES string of the molecule is CCNC(=O)CNc1cccc(F)c1. The first-order valence-corrected chi connectivity index (χ1v) is 4.48. The summed E-state index contributed by atoms with van der Waals surface area (Å²) in [5, 5.41) is 5.45. The molecular weight excluding hydrogens is 183 g/mol. The second-order valence-electron chi connectivity index (χ2n) is 2.82. The molecule has 76 valence electrons. The molecule has 0 aliphatic heterocycles. The van der Waals surface area contributed by atoms with Crippen molar-refractivity contribution in [3.63, 3.8) is 0 Å². The van der Waals surface area contributed by atoms with E-state index in [2.05, 4.69) is 10.6 Å². The van der Waals surface area contributed by atoms with Gasteiger partial charge in [-0.2, -0.15) is 0 Å². The van der Waals surface area contributed by atoms with Gasteiger partial charge >= 0.3 is 0 Å². The normalized spacial score (nSPS) is 9.57. The van der Waals surface area contributed by atoms with Crippen molar-refractivity contribution in [1.29, 1.82) is 0 Å². The Hall–Kier alpha value is -1.58. The van der Waals surface area contributed by atoms with Gasteiger partial charge in [0.25, 0.3) is 0 Å². The van der Waals surface area contributed by atoms with Crippen molar-refractivity contribution in [2.75, 3.05) is 18.4 Å². The van der Waals surface area contributed by atoms with Crippen LogP contribution in [0.4, 0.5) is 10.1 Å². The molecule has 1 aromatic rings. The zero-order valence-electron chi connectivity index (χ0n) is 8.01. The quantitative estimate of drug-likeness (QED) is 0.763. The van der Waals surface area contributed by atoms with Gasteiger partial charge in [0.2, 0.25) is 5.91 Å². The molecule has 0 bridgehead atoms. The highest BCUT2D eigenvalue weighted by molar-refractivity contribution is 5.80. The van der Waals surface area contributed by atoms with Gasteiger partial charge in [-0.3, -0.25) is 4.79 Å². The molecule has 0 atom stereocenters. The fraction of sp³-hybridized carbons (Fsp3) is 0.300. The number of benzene rings is 1. The smallest absolute Gasteiger partial charge is 0.239 e. The Morgan fingerprint density at radius 1 is 1.50 bits per heavy atom. The van der Waals surface area contributed by atoms with Crippen LogP contribution in [0.5, 0.6) is 0 Å². The van der Waals surface area contributed by atoms with Gasteiger partial charge in [-0.15, -0.1) is 0 Å². The molecule has 1 rings (SSSR count). The van der Waals surface area contributed by atoms with E-state index in [1.165, 1.54) is 12.1 Å². The van der Waals surface area contributed by atoms with Crippen LogP contribution in [0.25, 0.3) is 0 Å². The number of anilines is 1. The highest BCUT2D eigenvalue weighted by Gasteiger charge is 1.99. The number of hydrogen-bond donors (Lipinski definition) is 2. The third kappa shape index (κ3) is 3.43. The van der Waals surface area contributed by atoms with Crippen LogP contribution >= 0.6 is 0 Å². The fourth-order valence-corrected chi connectivity index (χ4v) is 1.04. The minimum atomic E-state index is -0.314. The molecule has 0 spiro atoms. The molecule has 0 saturated heterocycles. The average Bonchev–Trinajstić information content (AvgIpc) is 2.15. The van der Waals surface area contributed by atoms with E-state index >= 15 is 0 Å². The second-order valence-corrected chi connectivity index (χ2v) is 2.82. The standard InChI is InChI=1S/C10H13FN2O/c1-2-12-10(14)7-13-9-5-3-4-8(11)6-9/h3-6,13H,2,7H2,1H3,(H,12,14). The molecule has 0 fully saturated rings.